The Bertz CT molecular complexity index is 1470. The summed E-state index contributed by atoms with van der Waals surface area (Å²) in [5, 5.41) is 21.6. The Balaban J connectivity index is 1.44. The average Bonchev–Trinajstić information content (AvgIpc) is 3.53. The summed E-state index contributed by atoms with van der Waals surface area (Å²) in [6.45, 7) is 6.70. The Hall–Kier alpha value is -3.91. The molecule has 0 bridgehead atoms. The summed E-state index contributed by atoms with van der Waals surface area (Å²) in [7, 11) is 0. The number of ether oxygens (including phenoxy) is 2. The van der Waals surface area contributed by atoms with Gasteiger partial charge in [0.2, 0.25) is 11.9 Å². The number of nitrogens with zero attached hydrogens (tertiary/aromatic N) is 4. The molecule has 2 aliphatic rings. The molecule has 4 aromatic rings. The van der Waals surface area contributed by atoms with E-state index in [-0.39, 0.29) is 12.8 Å². The molecule has 1 atom stereocenters. The first-order valence-electron chi connectivity index (χ1n) is 12.6. The van der Waals surface area contributed by atoms with Crippen molar-refractivity contribution in [3.05, 3.63) is 87.9 Å². The lowest BCUT2D eigenvalue weighted by molar-refractivity contribution is 0.174. The van der Waals surface area contributed by atoms with E-state index in [0.717, 1.165) is 74.7 Å². The number of anilines is 3. The van der Waals surface area contributed by atoms with Gasteiger partial charge in [0.1, 0.15) is 5.01 Å². The molecular formula is C29H29N5O2S. The second-order valence-electron chi connectivity index (χ2n) is 9.46. The first kappa shape index (κ1) is 23.5. The van der Waals surface area contributed by atoms with E-state index in [1.807, 2.05) is 23.2 Å². The fourth-order valence-corrected chi connectivity index (χ4v) is 5.76. The minimum Gasteiger partial charge on any atom is -0.454 e. The second kappa shape index (κ2) is 9.86. The predicted molar refractivity (Wildman–Crippen MR) is 149 cm³/mol. The van der Waals surface area contributed by atoms with Crippen LogP contribution in [0.1, 0.15) is 47.5 Å². The van der Waals surface area contributed by atoms with Gasteiger partial charge < -0.3 is 14.8 Å². The lowest BCUT2D eigenvalue weighted by Crippen LogP contribution is -2.29. The van der Waals surface area contributed by atoms with Gasteiger partial charge in [0, 0.05) is 28.9 Å². The lowest BCUT2D eigenvalue weighted by Gasteiger charge is -2.22. The van der Waals surface area contributed by atoms with Crippen LogP contribution in [0.25, 0.3) is 0 Å². The van der Waals surface area contributed by atoms with E-state index in [4.69, 9.17) is 14.6 Å². The topological polar surface area (TPSA) is 71.9 Å². The van der Waals surface area contributed by atoms with E-state index in [1.165, 1.54) is 5.56 Å². The third-order valence-corrected chi connectivity index (χ3v) is 7.64. The van der Waals surface area contributed by atoms with Gasteiger partial charge in [-0.05, 0) is 74.2 Å². The number of hydrazone groups is 1. The maximum Gasteiger partial charge on any atom is 0.231 e. The Morgan fingerprint density at radius 3 is 2.62 bits per heavy atom. The van der Waals surface area contributed by atoms with Crippen molar-refractivity contribution in [3.8, 4) is 11.5 Å². The summed E-state index contributed by atoms with van der Waals surface area (Å²) in [6.07, 6.45) is 2.76. The van der Waals surface area contributed by atoms with E-state index in [0.29, 0.717) is 0 Å². The molecule has 8 heteroatoms. The summed E-state index contributed by atoms with van der Waals surface area (Å²) in [5.74, 6) is 1.55. The van der Waals surface area contributed by atoms with Gasteiger partial charge in [-0.2, -0.15) is 5.10 Å². The molecule has 0 spiro atoms. The van der Waals surface area contributed by atoms with Crippen molar-refractivity contribution in [2.75, 3.05) is 17.1 Å². The molecule has 1 N–H and O–H groups in total. The van der Waals surface area contributed by atoms with Gasteiger partial charge in [-0.25, -0.2) is 5.01 Å². The smallest absolute Gasteiger partial charge is 0.231 e. The van der Waals surface area contributed by atoms with Gasteiger partial charge in [-0.3, -0.25) is 0 Å². The molecule has 6 rings (SSSR count). The Morgan fingerprint density at radius 2 is 1.84 bits per heavy atom. The fraction of sp³-hybridized carbons (Fsp3) is 0.276. The molecule has 188 valence electrons. The van der Waals surface area contributed by atoms with Crippen LogP contribution in [0, 0.1) is 6.92 Å². The van der Waals surface area contributed by atoms with Crippen molar-refractivity contribution in [2.24, 2.45) is 5.10 Å². The number of hydrogen-bond acceptors (Lipinski definition) is 8. The number of benzene rings is 3. The van der Waals surface area contributed by atoms with Gasteiger partial charge in [0.25, 0.3) is 0 Å². The molecular weight excluding hydrogens is 482 g/mol. The molecule has 2 aliphatic heterocycles. The van der Waals surface area contributed by atoms with Crippen LogP contribution >= 0.6 is 11.3 Å². The first-order chi connectivity index (χ1) is 18.1. The van der Waals surface area contributed by atoms with Crippen LogP contribution in [0.3, 0.4) is 0 Å². The van der Waals surface area contributed by atoms with Crippen LogP contribution in [-0.4, -0.2) is 28.7 Å². The highest BCUT2D eigenvalue weighted by Crippen LogP contribution is 2.39. The minimum absolute atomic E-state index is 0.0964. The van der Waals surface area contributed by atoms with Gasteiger partial charge in [-0.15, -0.1) is 10.2 Å². The highest BCUT2D eigenvalue weighted by molar-refractivity contribution is 7.15. The minimum atomic E-state index is 0.0964. The van der Waals surface area contributed by atoms with Gasteiger partial charge >= 0.3 is 0 Å². The SMILES string of the molecule is CCCc1nnc(N2N=C(c3ccc(Nc4ccccc4)c(C)c3)c3cc4c(cc3CC2C)OCO4)s1. The Morgan fingerprint density at radius 1 is 1.03 bits per heavy atom. The van der Waals surface area contributed by atoms with Crippen LogP contribution in [0.5, 0.6) is 11.5 Å². The molecule has 3 aromatic carbocycles. The zero-order chi connectivity index (χ0) is 25.4. The van der Waals surface area contributed by atoms with Crippen molar-refractivity contribution in [1.29, 1.82) is 0 Å². The van der Waals surface area contributed by atoms with Crippen molar-refractivity contribution >= 4 is 33.6 Å². The summed E-state index contributed by atoms with van der Waals surface area (Å²) in [6, 6.07) is 20.9. The Kier molecular flexibility index (Phi) is 6.26. The maximum atomic E-state index is 5.75. The van der Waals surface area contributed by atoms with Crippen molar-refractivity contribution in [3.63, 3.8) is 0 Å². The van der Waals surface area contributed by atoms with Crippen LogP contribution in [0.15, 0.2) is 65.8 Å². The monoisotopic (exact) mass is 511 g/mol. The third kappa shape index (κ3) is 4.64. The molecule has 0 saturated carbocycles. The molecule has 0 saturated heterocycles. The van der Waals surface area contributed by atoms with Crippen LogP contribution < -0.4 is 19.8 Å². The quantitative estimate of drug-likeness (QED) is 0.320. The summed E-state index contributed by atoms with van der Waals surface area (Å²) in [5.41, 5.74) is 7.42. The van der Waals surface area contributed by atoms with Gasteiger partial charge in [0.15, 0.2) is 11.5 Å². The average molecular weight is 512 g/mol. The highest BCUT2D eigenvalue weighted by Gasteiger charge is 2.29. The fourth-order valence-electron chi connectivity index (χ4n) is 4.76. The lowest BCUT2D eigenvalue weighted by atomic mass is 9.93. The van der Waals surface area contributed by atoms with Crippen molar-refractivity contribution in [2.45, 2.75) is 46.1 Å². The van der Waals surface area contributed by atoms with Crippen molar-refractivity contribution in [1.82, 2.24) is 10.2 Å². The second-order valence-corrected chi connectivity index (χ2v) is 10.5. The highest BCUT2D eigenvalue weighted by atomic mass is 32.1. The van der Waals surface area contributed by atoms with Gasteiger partial charge in [-0.1, -0.05) is 42.5 Å². The number of hydrogen-bond donors (Lipinski definition) is 1. The summed E-state index contributed by atoms with van der Waals surface area (Å²) in [4.78, 5) is 0. The van der Waals surface area contributed by atoms with E-state index in [9.17, 15) is 0 Å². The number of nitrogens with one attached hydrogen (secondary N) is 1. The molecule has 37 heavy (non-hydrogen) atoms. The molecule has 1 unspecified atom stereocenters. The Labute approximate surface area is 220 Å². The van der Waals surface area contributed by atoms with Crippen LogP contribution in [0.2, 0.25) is 0 Å². The summed E-state index contributed by atoms with van der Waals surface area (Å²) < 4.78 is 11.5. The molecule has 0 radical (unpaired) electrons. The first-order valence-corrected chi connectivity index (χ1v) is 13.5. The molecule has 1 aromatic heterocycles. The maximum absolute atomic E-state index is 5.75. The molecule has 0 aliphatic carbocycles. The largest absolute Gasteiger partial charge is 0.454 e. The van der Waals surface area contributed by atoms with Crippen LogP contribution in [0.4, 0.5) is 16.5 Å². The predicted octanol–water partition coefficient (Wildman–Crippen LogP) is 6.47. The number of aromatic nitrogens is 2. The van der Waals surface area contributed by atoms with Crippen LogP contribution in [-0.2, 0) is 12.8 Å². The number of aryl methyl sites for hydroxylation is 2. The molecule has 0 fully saturated rings. The number of rotatable bonds is 6. The zero-order valence-corrected chi connectivity index (χ0v) is 22.0. The standard InChI is InChI=1S/C29H29N5O2S/c1-4-8-27-31-32-29(37-27)34-19(3)14-21-15-25-26(36-17-35-25)16-23(21)28(33-34)20-11-12-24(18(2)13-20)30-22-9-6-5-7-10-22/h5-7,9-13,15-16,19,30H,4,8,14,17H2,1-3H3. The molecule has 0 amide bonds. The zero-order valence-electron chi connectivity index (χ0n) is 21.2. The van der Waals surface area contributed by atoms with E-state index < -0.39 is 0 Å². The van der Waals surface area contributed by atoms with Gasteiger partial charge in [0.05, 0.1) is 11.8 Å². The normalized spacial score (nSPS) is 16.2. The number of fused-ring (bicyclic) bond motifs is 2. The van der Waals surface area contributed by atoms with E-state index in [1.54, 1.807) is 11.3 Å². The third-order valence-electron chi connectivity index (χ3n) is 6.66. The van der Waals surface area contributed by atoms with Crippen molar-refractivity contribution < 1.29 is 9.47 Å². The molecule has 7 nitrogen and oxygen atoms in total. The van der Waals surface area contributed by atoms with E-state index in [2.05, 4.69) is 78.7 Å². The summed E-state index contributed by atoms with van der Waals surface area (Å²) >= 11 is 1.62. The molecule has 3 heterocycles. The van der Waals surface area contributed by atoms with E-state index >= 15 is 0 Å². The number of para-hydroxylation sites is 1.